The highest BCUT2D eigenvalue weighted by Gasteiger charge is 2.19. The van der Waals surface area contributed by atoms with Crippen LogP contribution in [0.15, 0.2) is 22.9 Å². The average Bonchev–Trinajstić information content (AvgIpc) is 2.83. The molecule has 0 saturated heterocycles. The molecule has 1 N–H and O–H groups in total. The second-order valence-electron chi connectivity index (χ2n) is 3.98. The number of halogens is 3. The Hall–Kier alpha value is -1.34. The van der Waals surface area contributed by atoms with Gasteiger partial charge in [0.05, 0.1) is 10.6 Å². The van der Waals surface area contributed by atoms with Crippen LogP contribution in [-0.4, -0.2) is 19.9 Å². The van der Waals surface area contributed by atoms with Gasteiger partial charge < -0.3 is 5.11 Å². The Morgan fingerprint density at radius 2 is 2.16 bits per heavy atom. The normalized spacial score (nSPS) is 12.7. The third-order valence-electron chi connectivity index (χ3n) is 2.80. The molecule has 0 aliphatic heterocycles. The number of aryl methyl sites for hydroxylation is 1. The lowest BCUT2D eigenvalue weighted by Gasteiger charge is -2.13. The summed E-state index contributed by atoms with van der Waals surface area (Å²) < 4.78 is 28.0. The van der Waals surface area contributed by atoms with Gasteiger partial charge in [0.25, 0.3) is 0 Å². The van der Waals surface area contributed by atoms with Crippen molar-refractivity contribution in [2.45, 2.75) is 26.0 Å². The summed E-state index contributed by atoms with van der Waals surface area (Å²) in [5, 5.41) is 14.1. The van der Waals surface area contributed by atoms with Crippen LogP contribution in [0, 0.1) is 11.6 Å². The van der Waals surface area contributed by atoms with Crippen molar-refractivity contribution in [3.63, 3.8) is 0 Å². The number of benzene rings is 1. The second-order valence-corrected chi connectivity index (χ2v) is 4.77. The van der Waals surface area contributed by atoms with Crippen molar-refractivity contribution in [2.75, 3.05) is 0 Å². The molecule has 0 aliphatic carbocycles. The first-order valence-electron chi connectivity index (χ1n) is 5.72. The van der Waals surface area contributed by atoms with Crippen molar-refractivity contribution in [3.05, 3.63) is 46.0 Å². The van der Waals surface area contributed by atoms with Crippen molar-refractivity contribution < 1.29 is 13.9 Å². The molecular weight excluding hydrogens is 320 g/mol. The minimum atomic E-state index is -1.01. The zero-order chi connectivity index (χ0) is 14.0. The Kier molecular flexibility index (Phi) is 4.26. The fourth-order valence-corrected chi connectivity index (χ4v) is 2.38. The minimum Gasteiger partial charge on any atom is -0.388 e. The van der Waals surface area contributed by atoms with Crippen LogP contribution < -0.4 is 0 Å². The lowest BCUT2D eigenvalue weighted by Crippen LogP contribution is -2.10. The molecule has 1 aromatic heterocycles. The third kappa shape index (κ3) is 2.82. The molecule has 0 fully saturated rings. The van der Waals surface area contributed by atoms with Crippen LogP contribution in [0.4, 0.5) is 8.78 Å². The summed E-state index contributed by atoms with van der Waals surface area (Å²) in [6.07, 6.45) is 0.586. The fraction of sp³-hybridized carbons (Fsp3) is 0.333. The number of hydrogen-bond acceptors (Lipinski definition) is 3. The van der Waals surface area contributed by atoms with E-state index in [1.165, 1.54) is 12.4 Å². The highest BCUT2D eigenvalue weighted by molar-refractivity contribution is 9.10. The van der Waals surface area contributed by atoms with Crippen LogP contribution in [0.3, 0.4) is 0 Å². The van der Waals surface area contributed by atoms with Crippen LogP contribution in [0.1, 0.15) is 24.4 Å². The van der Waals surface area contributed by atoms with E-state index in [9.17, 15) is 13.9 Å². The van der Waals surface area contributed by atoms with Crippen LogP contribution in [0.25, 0.3) is 0 Å². The SMILES string of the molecule is CCn1ncnc1CC(O)c1ccc(F)c(F)c1Br. The third-order valence-corrected chi connectivity index (χ3v) is 3.60. The molecule has 1 aromatic carbocycles. The maximum Gasteiger partial charge on any atom is 0.173 e. The van der Waals surface area contributed by atoms with E-state index in [0.29, 0.717) is 12.4 Å². The first kappa shape index (κ1) is 14.1. The van der Waals surface area contributed by atoms with Gasteiger partial charge in [-0.2, -0.15) is 5.10 Å². The zero-order valence-corrected chi connectivity index (χ0v) is 11.7. The Balaban J connectivity index is 2.25. The van der Waals surface area contributed by atoms with E-state index in [-0.39, 0.29) is 16.5 Å². The van der Waals surface area contributed by atoms with Crippen LogP contribution in [0.5, 0.6) is 0 Å². The largest absolute Gasteiger partial charge is 0.388 e. The first-order chi connectivity index (χ1) is 9.04. The standard InChI is InChI=1S/C12H12BrF2N3O/c1-2-18-10(16-6-17-18)5-9(19)7-3-4-8(14)12(15)11(7)13/h3-4,6,9,19H,2,5H2,1H3. The predicted molar refractivity (Wildman–Crippen MR) is 68.4 cm³/mol. The highest BCUT2D eigenvalue weighted by atomic mass is 79.9. The van der Waals surface area contributed by atoms with Gasteiger partial charge >= 0.3 is 0 Å². The molecule has 0 amide bonds. The van der Waals surface area contributed by atoms with E-state index in [0.717, 1.165) is 6.07 Å². The van der Waals surface area contributed by atoms with Crippen molar-refractivity contribution in [1.29, 1.82) is 0 Å². The Labute approximate surface area is 117 Å². The molecule has 19 heavy (non-hydrogen) atoms. The Bertz CT molecular complexity index is 588. The van der Waals surface area contributed by atoms with Gasteiger partial charge in [0.1, 0.15) is 12.2 Å². The van der Waals surface area contributed by atoms with Crippen LogP contribution >= 0.6 is 15.9 Å². The number of aliphatic hydroxyl groups is 1. The Morgan fingerprint density at radius 1 is 1.42 bits per heavy atom. The monoisotopic (exact) mass is 331 g/mol. The van der Waals surface area contributed by atoms with Gasteiger partial charge in [-0.05, 0) is 34.5 Å². The Morgan fingerprint density at radius 3 is 2.84 bits per heavy atom. The smallest absolute Gasteiger partial charge is 0.173 e. The van der Waals surface area contributed by atoms with Crippen molar-refractivity contribution in [1.82, 2.24) is 14.8 Å². The van der Waals surface area contributed by atoms with Gasteiger partial charge in [-0.3, -0.25) is 4.68 Å². The van der Waals surface area contributed by atoms with Gasteiger partial charge in [-0.1, -0.05) is 6.07 Å². The van der Waals surface area contributed by atoms with Gasteiger partial charge in [0.2, 0.25) is 0 Å². The second kappa shape index (κ2) is 5.75. The molecule has 2 rings (SSSR count). The molecular formula is C12H12BrF2N3O. The number of aromatic nitrogens is 3. The fourth-order valence-electron chi connectivity index (χ4n) is 1.79. The number of hydrogen-bond donors (Lipinski definition) is 1. The van der Waals surface area contributed by atoms with Crippen molar-refractivity contribution in [3.8, 4) is 0 Å². The molecule has 4 nitrogen and oxygen atoms in total. The number of nitrogens with zero attached hydrogens (tertiary/aromatic N) is 3. The van der Waals surface area contributed by atoms with Crippen molar-refractivity contribution >= 4 is 15.9 Å². The molecule has 1 atom stereocenters. The summed E-state index contributed by atoms with van der Waals surface area (Å²) in [7, 11) is 0. The van der Waals surface area contributed by atoms with E-state index in [1.807, 2.05) is 6.92 Å². The predicted octanol–water partition coefficient (Wildman–Crippen LogP) is 2.61. The summed E-state index contributed by atoms with van der Waals surface area (Å²) in [5.41, 5.74) is 0.282. The molecule has 2 aromatic rings. The van der Waals surface area contributed by atoms with Crippen LogP contribution in [0.2, 0.25) is 0 Å². The zero-order valence-electron chi connectivity index (χ0n) is 10.1. The van der Waals surface area contributed by atoms with E-state index in [4.69, 9.17) is 0 Å². The molecule has 0 saturated carbocycles. The van der Waals surface area contributed by atoms with E-state index in [2.05, 4.69) is 26.0 Å². The summed E-state index contributed by atoms with van der Waals surface area (Å²) >= 11 is 2.95. The molecule has 0 bridgehead atoms. The van der Waals surface area contributed by atoms with Gasteiger partial charge in [0.15, 0.2) is 11.6 Å². The molecule has 7 heteroatoms. The van der Waals surface area contributed by atoms with E-state index >= 15 is 0 Å². The number of aliphatic hydroxyl groups excluding tert-OH is 1. The van der Waals surface area contributed by atoms with Gasteiger partial charge in [-0.15, -0.1) is 0 Å². The molecule has 1 heterocycles. The molecule has 0 spiro atoms. The molecule has 102 valence electrons. The summed E-state index contributed by atoms with van der Waals surface area (Å²) in [6, 6.07) is 2.34. The maximum absolute atomic E-state index is 13.4. The topological polar surface area (TPSA) is 50.9 Å². The molecule has 1 unspecified atom stereocenters. The molecule has 0 aliphatic rings. The summed E-state index contributed by atoms with van der Waals surface area (Å²) in [4.78, 5) is 4.03. The van der Waals surface area contributed by atoms with Crippen LogP contribution in [-0.2, 0) is 13.0 Å². The quantitative estimate of drug-likeness (QED) is 0.876. The van der Waals surface area contributed by atoms with E-state index < -0.39 is 17.7 Å². The first-order valence-corrected chi connectivity index (χ1v) is 6.52. The van der Waals surface area contributed by atoms with Crippen molar-refractivity contribution in [2.24, 2.45) is 0 Å². The maximum atomic E-state index is 13.4. The summed E-state index contributed by atoms with van der Waals surface area (Å²) in [5.74, 6) is -1.38. The number of rotatable bonds is 4. The lowest BCUT2D eigenvalue weighted by molar-refractivity contribution is 0.172. The minimum absolute atomic E-state index is 0.0671. The lowest BCUT2D eigenvalue weighted by atomic mass is 10.1. The average molecular weight is 332 g/mol. The van der Waals surface area contributed by atoms with Gasteiger partial charge in [0, 0.05) is 13.0 Å². The molecule has 0 radical (unpaired) electrons. The van der Waals surface area contributed by atoms with E-state index in [1.54, 1.807) is 4.68 Å². The highest BCUT2D eigenvalue weighted by Crippen LogP contribution is 2.29. The van der Waals surface area contributed by atoms with Gasteiger partial charge in [-0.25, -0.2) is 13.8 Å². The summed E-state index contributed by atoms with van der Waals surface area (Å²) in [6.45, 7) is 2.53.